The SMILES string of the molecule is CC1NCCCC1NC(=O)C1CCCCC1(C)C. The standard InChI is InChI=1S/C15H28N2O/c1-11-13(8-6-10-16-11)17-14(18)12-7-4-5-9-15(12,2)3/h11-13,16H,4-10H2,1-3H3,(H,17,18). The summed E-state index contributed by atoms with van der Waals surface area (Å²) in [5.41, 5.74) is 0.174. The van der Waals surface area contributed by atoms with Crippen LogP contribution in [0.2, 0.25) is 0 Å². The second-order valence-corrected chi connectivity index (χ2v) is 6.79. The second kappa shape index (κ2) is 5.60. The number of carbonyl (C=O) groups is 1. The third-order valence-electron chi connectivity index (χ3n) is 4.91. The van der Waals surface area contributed by atoms with Crippen molar-refractivity contribution >= 4 is 5.91 Å². The van der Waals surface area contributed by atoms with Crippen molar-refractivity contribution in [1.82, 2.24) is 10.6 Å². The van der Waals surface area contributed by atoms with Gasteiger partial charge in [-0.05, 0) is 44.6 Å². The molecule has 3 nitrogen and oxygen atoms in total. The van der Waals surface area contributed by atoms with E-state index >= 15 is 0 Å². The Balaban J connectivity index is 1.94. The molecule has 2 N–H and O–H groups in total. The molecule has 18 heavy (non-hydrogen) atoms. The fraction of sp³-hybridized carbons (Fsp3) is 0.933. The zero-order chi connectivity index (χ0) is 13.2. The quantitative estimate of drug-likeness (QED) is 0.792. The van der Waals surface area contributed by atoms with Crippen molar-refractivity contribution in [2.45, 2.75) is 71.4 Å². The van der Waals surface area contributed by atoms with Gasteiger partial charge in [0, 0.05) is 18.0 Å². The summed E-state index contributed by atoms with van der Waals surface area (Å²) in [5, 5.41) is 6.74. The van der Waals surface area contributed by atoms with E-state index in [1.54, 1.807) is 0 Å². The van der Waals surface area contributed by atoms with Crippen molar-refractivity contribution in [3.63, 3.8) is 0 Å². The number of hydrogen-bond acceptors (Lipinski definition) is 2. The first-order chi connectivity index (χ1) is 8.50. The van der Waals surface area contributed by atoms with Gasteiger partial charge in [0.25, 0.3) is 0 Å². The van der Waals surface area contributed by atoms with Gasteiger partial charge in [0.15, 0.2) is 0 Å². The lowest BCUT2D eigenvalue weighted by Gasteiger charge is -2.39. The highest BCUT2D eigenvalue weighted by molar-refractivity contribution is 5.80. The molecular formula is C15H28N2O. The number of rotatable bonds is 2. The van der Waals surface area contributed by atoms with Gasteiger partial charge in [0.2, 0.25) is 5.91 Å². The van der Waals surface area contributed by atoms with Crippen molar-refractivity contribution in [1.29, 1.82) is 0 Å². The maximum absolute atomic E-state index is 12.5. The van der Waals surface area contributed by atoms with Gasteiger partial charge in [-0.3, -0.25) is 4.79 Å². The largest absolute Gasteiger partial charge is 0.352 e. The molecule has 2 fully saturated rings. The van der Waals surface area contributed by atoms with Crippen LogP contribution < -0.4 is 10.6 Å². The first kappa shape index (κ1) is 13.9. The molecule has 0 aromatic rings. The third kappa shape index (κ3) is 3.05. The number of carbonyl (C=O) groups excluding carboxylic acids is 1. The Labute approximate surface area is 111 Å². The van der Waals surface area contributed by atoms with Crippen molar-refractivity contribution in [3.8, 4) is 0 Å². The van der Waals surface area contributed by atoms with Gasteiger partial charge in [-0.1, -0.05) is 26.7 Å². The van der Waals surface area contributed by atoms with Crippen LogP contribution in [0.5, 0.6) is 0 Å². The summed E-state index contributed by atoms with van der Waals surface area (Å²) in [6.07, 6.45) is 7.02. The average molecular weight is 252 g/mol. The summed E-state index contributed by atoms with van der Waals surface area (Å²) in [6, 6.07) is 0.735. The summed E-state index contributed by atoms with van der Waals surface area (Å²) >= 11 is 0. The first-order valence-electron chi connectivity index (χ1n) is 7.54. The van der Waals surface area contributed by atoms with Gasteiger partial charge in [-0.2, -0.15) is 0 Å². The maximum Gasteiger partial charge on any atom is 0.223 e. The Morgan fingerprint density at radius 1 is 1.22 bits per heavy atom. The van der Waals surface area contributed by atoms with Crippen molar-refractivity contribution in [2.24, 2.45) is 11.3 Å². The normalized spacial score (nSPS) is 36.1. The van der Waals surface area contributed by atoms with E-state index in [1.165, 1.54) is 25.7 Å². The van der Waals surface area contributed by atoms with Crippen LogP contribution in [0.1, 0.15) is 59.3 Å². The molecule has 0 aromatic heterocycles. The van der Waals surface area contributed by atoms with E-state index in [0.29, 0.717) is 18.0 Å². The molecule has 0 aromatic carbocycles. The first-order valence-corrected chi connectivity index (χ1v) is 7.54. The van der Waals surface area contributed by atoms with Crippen LogP contribution >= 0.6 is 0 Å². The lowest BCUT2D eigenvalue weighted by molar-refractivity contribution is -0.131. The number of amides is 1. The van der Waals surface area contributed by atoms with Gasteiger partial charge in [0.05, 0.1) is 0 Å². The van der Waals surface area contributed by atoms with E-state index < -0.39 is 0 Å². The highest BCUT2D eigenvalue weighted by atomic mass is 16.2. The molecule has 1 amide bonds. The molecule has 1 heterocycles. The van der Waals surface area contributed by atoms with Crippen LogP contribution in [0, 0.1) is 11.3 Å². The van der Waals surface area contributed by atoms with E-state index in [4.69, 9.17) is 0 Å². The van der Waals surface area contributed by atoms with Crippen LogP contribution in [-0.4, -0.2) is 24.5 Å². The van der Waals surface area contributed by atoms with Gasteiger partial charge >= 0.3 is 0 Å². The van der Waals surface area contributed by atoms with Gasteiger partial charge in [-0.25, -0.2) is 0 Å². The van der Waals surface area contributed by atoms with Crippen LogP contribution in [-0.2, 0) is 4.79 Å². The molecule has 0 bridgehead atoms. The zero-order valence-electron chi connectivity index (χ0n) is 12.1. The molecule has 1 aliphatic heterocycles. The summed E-state index contributed by atoms with van der Waals surface area (Å²) < 4.78 is 0. The van der Waals surface area contributed by atoms with Gasteiger partial charge < -0.3 is 10.6 Å². The monoisotopic (exact) mass is 252 g/mol. The van der Waals surface area contributed by atoms with E-state index in [1.807, 2.05) is 0 Å². The topological polar surface area (TPSA) is 41.1 Å². The molecule has 3 unspecified atom stereocenters. The number of hydrogen-bond donors (Lipinski definition) is 2. The van der Waals surface area contributed by atoms with Crippen LogP contribution in [0.4, 0.5) is 0 Å². The van der Waals surface area contributed by atoms with E-state index in [9.17, 15) is 4.79 Å². The molecule has 104 valence electrons. The van der Waals surface area contributed by atoms with E-state index in [0.717, 1.165) is 19.4 Å². The van der Waals surface area contributed by atoms with Crippen LogP contribution in [0.3, 0.4) is 0 Å². The Morgan fingerprint density at radius 2 is 2.00 bits per heavy atom. The average Bonchev–Trinajstić information content (AvgIpc) is 2.31. The summed E-state index contributed by atoms with van der Waals surface area (Å²) in [7, 11) is 0. The minimum atomic E-state index is 0.174. The fourth-order valence-electron chi connectivity index (χ4n) is 3.50. The Bertz CT molecular complexity index is 301. The number of nitrogens with one attached hydrogen (secondary N) is 2. The lowest BCUT2D eigenvalue weighted by Crippen LogP contribution is -2.54. The molecule has 1 aliphatic carbocycles. The Morgan fingerprint density at radius 3 is 2.67 bits per heavy atom. The zero-order valence-corrected chi connectivity index (χ0v) is 12.1. The molecule has 3 atom stereocenters. The second-order valence-electron chi connectivity index (χ2n) is 6.79. The van der Waals surface area contributed by atoms with Gasteiger partial charge in [0.1, 0.15) is 0 Å². The molecule has 1 saturated carbocycles. The molecular weight excluding hydrogens is 224 g/mol. The third-order valence-corrected chi connectivity index (χ3v) is 4.91. The molecule has 0 radical (unpaired) electrons. The number of piperidine rings is 1. The fourth-order valence-corrected chi connectivity index (χ4v) is 3.50. The Hall–Kier alpha value is -0.570. The molecule has 0 spiro atoms. The predicted octanol–water partition coefficient (Wildman–Crippen LogP) is 2.46. The summed E-state index contributed by atoms with van der Waals surface area (Å²) in [6.45, 7) is 7.76. The van der Waals surface area contributed by atoms with E-state index in [-0.39, 0.29) is 11.3 Å². The smallest absolute Gasteiger partial charge is 0.223 e. The van der Waals surface area contributed by atoms with Crippen molar-refractivity contribution in [2.75, 3.05) is 6.54 Å². The maximum atomic E-state index is 12.5. The van der Waals surface area contributed by atoms with Gasteiger partial charge in [-0.15, -0.1) is 0 Å². The summed E-state index contributed by atoms with van der Waals surface area (Å²) in [4.78, 5) is 12.5. The van der Waals surface area contributed by atoms with Crippen molar-refractivity contribution < 1.29 is 4.79 Å². The molecule has 1 saturated heterocycles. The van der Waals surface area contributed by atoms with E-state index in [2.05, 4.69) is 31.4 Å². The van der Waals surface area contributed by atoms with Crippen LogP contribution in [0.15, 0.2) is 0 Å². The highest BCUT2D eigenvalue weighted by Gasteiger charge is 2.38. The Kier molecular flexibility index (Phi) is 4.31. The minimum Gasteiger partial charge on any atom is -0.352 e. The molecule has 2 rings (SSSR count). The van der Waals surface area contributed by atoms with Crippen LogP contribution in [0.25, 0.3) is 0 Å². The predicted molar refractivity (Wildman–Crippen MR) is 74.4 cm³/mol. The summed E-state index contributed by atoms with van der Waals surface area (Å²) in [5.74, 6) is 0.501. The molecule has 2 aliphatic rings. The minimum absolute atomic E-state index is 0.174. The molecule has 3 heteroatoms. The lowest BCUT2D eigenvalue weighted by atomic mass is 9.68. The highest BCUT2D eigenvalue weighted by Crippen LogP contribution is 2.40. The van der Waals surface area contributed by atoms with Crippen molar-refractivity contribution in [3.05, 3.63) is 0 Å².